The lowest BCUT2D eigenvalue weighted by Gasteiger charge is -2.22. The molecule has 2 N–H and O–H groups in total. The van der Waals surface area contributed by atoms with Crippen molar-refractivity contribution in [3.63, 3.8) is 0 Å². The molecule has 0 saturated carbocycles. The van der Waals surface area contributed by atoms with Crippen LogP contribution in [0.1, 0.15) is 28.5 Å². The maximum atomic E-state index is 12.5. The van der Waals surface area contributed by atoms with Crippen LogP contribution in [0.4, 0.5) is 0 Å². The molecule has 1 aromatic carbocycles. The van der Waals surface area contributed by atoms with E-state index in [1.807, 2.05) is 31.2 Å². The second-order valence-electron chi connectivity index (χ2n) is 6.26. The molecule has 0 aliphatic rings. The minimum Gasteiger partial charge on any atom is -0.443 e. The van der Waals surface area contributed by atoms with Crippen molar-refractivity contribution in [2.75, 3.05) is 6.54 Å². The summed E-state index contributed by atoms with van der Waals surface area (Å²) in [6.07, 6.45) is 4.52. The van der Waals surface area contributed by atoms with Crippen LogP contribution in [0.25, 0.3) is 11.3 Å². The van der Waals surface area contributed by atoms with Crippen LogP contribution in [0, 0.1) is 6.92 Å². The Kier molecular flexibility index (Phi) is 4.41. The topological polar surface area (TPSA) is 93.2 Å². The van der Waals surface area contributed by atoms with Crippen molar-refractivity contribution >= 4 is 5.91 Å². The molecule has 0 fully saturated rings. The van der Waals surface area contributed by atoms with E-state index in [9.17, 15) is 9.90 Å². The van der Waals surface area contributed by atoms with Crippen molar-refractivity contribution in [2.45, 2.75) is 19.4 Å². The number of hydrogen-bond acceptors (Lipinski definition) is 5. The van der Waals surface area contributed by atoms with Gasteiger partial charge in [-0.15, -0.1) is 0 Å². The molecule has 0 unspecified atom stereocenters. The van der Waals surface area contributed by atoms with Gasteiger partial charge in [0.15, 0.2) is 17.8 Å². The third kappa shape index (κ3) is 3.61. The highest BCUT2D eigenvalue weighted by molar-refractivity contribution is 5.97. The number of nitrogens with zero attached hydrogens (tertiary/aromatic N) is 3. The Balaban J connectivity index is 1.74. The van der Waals surface area contributed by atoms with E-state index < -0.39 is 11.5 Å². The highest BCUT2D eigenvalue weighted by Crippen LogP contribution is 2.24. The fourth-order valence-corrected chi connectivity index (χ4v) is 2.46. The number of hydrogen-bond donors (Lipinski definition) is 2. The van der Waals surface area contributed by atoms with Crippen molar-refractivity contribution < 1.29 is 14.3 Å². The number of oxazole rings is 1. The van der Waals surface area contributed by atoms with Gasteiger partial charge in [0.1, 0.15) is 5.60 Å². The molecule has 130 valence electrons. The molecule has 1 atom stereocenters. The Bertz CT molecular complexity index is 878. The predicted octanol–water partition coefficient (Wildman–Crippen LogP) is 2.02. The Hall–Kier alpha value is -2.93. The van der Waals surface area contributed by atoms with Gasteiger partial charge < -0.3 is 14.8 Å². The van der Waals surface area contributed by atoms with Gasteiger partial charge >= 0.3 is 0 Å². The van der Waals surface area contributed by atoms with Crippen LogP contribution in [0.2, 0.25) is 0 Å². The lowest BCUT2D eigenvalue weighted by Crippen LogP contribution is -2.38. The molecular formula is C18H20N4O3. The van der Waals surface area contributed by atoms with Gasteiger partial charge in [0.2, 0.25) is 0 Å². The SMILES string of the molecule is Cc1ccc(-c2ocnc2C(=O)NC[C@@](C)(O)c2cnn(C)c2)cc1. The minimum atomic E-state index is -1.24. The van der Waals surface area contributed by atoms with Crippen LogP contribution in [0.3, 0.4) is 0 Å². The van der Waals surface area contributed by atoms with Gasteiger partial charge in [0.05, 0.1) is 12.7 Å². The monoisotopic (exact) mass is 340 g/mol. The average molecular weight is 340 g/mol. The molecule has 0 bridgehead atoms. The van der Waals surface area contributed by atoms with Crippen molar-refractivity contribution in [3.8, 4) is 11.3 Å². The molecule has 3 rings (SSSR count). The van der Waals surface area contributed by atoms with Crippen LogP contribution in [0.15, 0.2) is 47.5 Å². The fraction of sp³-hybridized carbons (Fsp3) is 0.278. The molecule has 7 heteroatoms. The molecule has 0 radical (unpaired) electrons. The molecule has 0 saturated heterocycles. The smallest absolute Gasteiger partial charge is 0.274 e. The van der Waals surface area contributed by atoms with E-state index in [0.717, 1.165) is 11.1 Å². The van der Waals surface area contributed by atoms with Crippen molar-refractivity contribution in [3.05, 3.63) is 59.9 Å². The summed E-state index contributed by atoms with van der Waals surface area (Å²) in [4.78, 5) is 16.5. The quantitative estimate of drug-likeness (QED) is 0.741. The minimum absolute atomic E-state index is 0.0255. The molecule has 0 aliphatic heterocycles. The van der Waals surface area contributed by atoms with Crippen molar-refractivity contribution in [2.24, 2.45) is 7.05 Å². The van der Waals surface area contributed by atoms with Crippen LogP contribution in [0.5, 0.6) is 0 Å². The van der Waals surface area contributed by atoms with Crippen LogP contribution in [-0.4, -0.2) is 32.3 Å². The first-order valence-corrected chi connectivity index (χ1v) is 7.87. The van der Waals surface area contributed by atoms with Gasteiger partial charge in [-0.2, -0.15) is 5.10 Å². The molecule has 0 spiro atoms. The largest absolute Gasteiger partial charge is 0.443 e. The summed E-state index contributed by atoms with van der Waals surface area (Å²) in [5.74, 6) is -0.00740. The summed E-state index contributed by atoms with van der Waals surface area (Å²) >= 11 is 0. The van der Waals surface area contributed by atoms with Crippen molar-refractivity contribution in [1.29, 1.82) is 0 Å². The summed E-state index contributed by atoms with van der Waals surface area (Å²) in [6, 6.07) is 7.62. The highest BCUT2D eigenvalue weighted by Gasteiger charge is 2.27. The average Bonchev–Trinajstić information content (AvgIpc) is 3.23. The van der Waals surface area contributed by atoms with E-state index in [1.165, 1.54) is 6.39 Å². The number of carbonyl (C=O) groups excluding carboxylic acids is 1. The zero-order valence-electron chi connectivity index (χ0n) is 14.4. The second-order valence-corrected chi connectivity index (χ2v) is 6.26. The van der Waals surface area contributed by atoms with E-state index in [0.29, 0.717) is 11.3 Å². The van der Waals surface area contributed by atoms with Crippen LogP contribution < -0.4 is 5.32 Å². The Morgan fingerprint density at radius 3 is 2.72 bits per heavy atom. The molecule has 25 heavy (non-hydrogen) atoms. The van der Waals surface area contributed by atoms with Gasteiger partial charge in [-0.1, -0.05) is 29.8 Å². The Morgan fingerprint density at radius 1 is 1.36 bits per heavy atom. The van der Waals surface area contributed by atoms with E-state index >= 15 is 0 Å². The highest BCUT2D eigenvalue weighted by atomic mass is 16.3. The van der Waals surface area contributed by atoms with E-state index in [1.54, 1.807) is 31.0 Å². The summed E-state index contributed by atoms with van der Waals surface area (Å²) in [5.41, 5.74) is 1.45. The third-order valence-electron chi connectivity index (χ3n) is 4.02. The number of aryl methyl sites for hydroxylation is 2. The first kappa shape index (κ1) is 16.9. The molecule has 1 amide bonds. The summed E-state index contributed by atoms with van der Waals surface area (Å²) in [7, 11) is 1.77. The van der Waals surface area contributed by atoms with E-state index in [-0.39, 0.29) is 12.2 Å². The first-order valence-electron chi connectivity index (χ1n) is 7.87. The van der Waals surface area contributed by atoms with Crippen molar-refractivity contribution in [1.82, 2.24) is 20.1 Å². The van der Waals surface area contributed by atoms with Gasteiger partial charge in [-0.3, -0.25) is 9.48 Å². The van der Waals surface area contributed by atoms with Gasteiger partial charge in [0.25, 0.3) is 5.91 Å². The summed E-state index contributed by atoms with van der Waals surface area (Å²) in [6.45, 7) is 3.63. The molecule has 7 nitrogen and oxygen atoms in total. The fourth-order valence-electron chi connectivity index (χ4n) is 2.46. The number of rotatable bonds is 5. The predicted molar refractivity (Wildman–Crippen MR) is 91.8 cm³/mol. The summed E-state index contributed by atoms with van der Waals surface area (Å²) < 4.78 is 6.98. The second kappa shape index (κ2) is 6.52. The number of aromatic nitrogens is 3. The van der Waals surface area contributed by atoms with Crippen LogP contribution >= 0.6 is 0 Å². The number of carbonyl (C=O) groups is 1. The Morgan fingerprint density at radius 2 is 2.08 bits per heavy atom. The van der Waals surface area contributed by atoms with Gasteiger partial charge in [0, 0.05) is 24.4 Å². The molecule has 2 aromatic heterocycles. The maximum absolute atomic E-state index is 12.5. The molecule has 0 aliphatic carbocycles. The molecule has 2 heterocycles. The zero-order valence-corrected chi connectivity index (χ0v) is 14.4. The van der Waals surface area contributed by atoms with E-state index in [4.69, 9.17) is 4.42 Å². The lowest BCUT2D eigenvalue weighted by atomic mass is 9.99. The van der Waals surface area contributed by atoms with Crippen LogP contribution in [-0.2, 0) is 12.6 Å². The first-order chi connectivity index (χ1) is 11.9. The van der Waals surface area contributed by atoms with Gasteiger partial charge in [-0.05, 0) is 13.8 Å². The molecular weight excluding hydrogens is 320 g/mol. The van der Waals surface area contributed by atoms with E-state index in [2.05, 4.69) is 15.4 Å². The third-order valence-corrected chi connectivity index (χ3v) is 4.02. The number of amides is 1. The standard InChI is InChI=1S/C18H20N4O3/c1-12-4-6-13(7-5-12)16-15(20-11-25-16)17(23)19-10-18(2,24)14-8-21-22(3)9-14/h4-9,11,24H,10H2,1-3H3,(H,19,23)/t18-/m1/s1. The number of nitrogens with one attached hydrogen (secondary N) is 1. The zero-order chi connectivity index (χ0) is 18.0. The summed E-state index contributed by atoms with van der Waals surface area (Å²) in [5, 5.41) is 17.3. The lowest BCUT2D eigenvalue weighted by molar-refractivity contribution is 0.0524. The number of aliphatic hydroxyl groups is 1. The van der Waals surface area contributed by atoms with Gasteiger partial charge in [-0.25, -0.2) is 4.98 Å². The molecule has 3 aromatic rings. The normalized spacial score (nSPS) is 13.4. The maximum Gasteiger partial charge on any atom is 0.274 e. The number of benzene rings is 1. The Labute approximate surface area is 145 Å².